The van der Waals surface area contributed by atoms with Crippen LogP contribution in [-0.2, 0) is 4.74 Å². The Labute approximate surface area is 115 Å². The van der Waals surface area contributed by atoms with E-state index in [1.807, 2.05) is 0 Å². The Bertz CT molecular complexity index is 558. The highest BCUT2D eigenvalue weighted by atomic mass is 127. The lowest BCUT2D eigenvalue weighted by Crippen LogP contribution is -2.36. The maximum atomic E-state index is 13.9. The summed E-state index contributed by atoms with van der Waals surface area (Å²) in [4.78, 5) is 24.9. The molecule has 1 aromatic rings. The van der Waals surface area contributed by atoms with Gasteiger partial charge < -0.3 is 9.84 Å². The quantitative estimate of drug-likeness (QED) is 0.726. The summed E-state index contributed by atoms with van der Waals surface area (Å²) in [5, 5.41) is 9.61. The lowest BCUT2D eigenvalue weighted by Gasteiger charge is -2.15. The van der Waals surface area contributed by atoms with Gasteiger partial charge in [0.1, 0.15) is 6.10 Å². The summed E-state index contributed by atoms with van der Waals surface area (Å²) < 4.78 is 20.4. The van der Waals surface area contributed by atoms with Crippen molar-refractivity contribution in [1.82, 2.24) is 9.55 Å². The molecule has 1 unspecified atom stereocenters. The smallest absolute Gasteiger partial charge is 0.330 e. The van der Waals surface area contributed by atoms with E-state index >= 15 is 0 Å². The molecule has 1 saturated heterocycles. The van der Waals surface area contributed by atoms with E-state index in [4.69, 9.17) is 4.74 Å². The number of aliphatic hydroxyl groups excluding tert-OH is 1. The Morgan fingerprint density at radius 1 is 1.61 bits per heavy atom. The molecule has 0 bridgehead atoms. The predicted molar refractivity (Wildman–Crippen MR) is 69.1 cm³/mol. The number of hydrogen-bond donors (Lipinski definition) is 2. The topological polar surface area (TPSA) is 84.3 Å². The van der Waals surface area contributed by atoms with Crippen LogP contribution in [0.3, 0.4) is 0 Å². The molecule has 2 heterocycles. The number of aromatic amines is 1. The minimum absolute atomic E-state index is 0.248. The summed E-state index contributed by atoms with van der Waals surface area (Å²) in [6.45, 7) is 1.75. The second-order valence-corrected chi connectivity index (χ2v) is 5.21. The number of aromatic nitrogens is 2. The Hall–Kier alpha value is -0.740. The predicted octanol–water partition coefficient (Wildman–Crippen LogP) is 0.148. The molecule has 1 aliphatic heterocycles. The van der Waals surface area contributed by atoms with E-state index < -0.39 is 35.9 Å². The molecular formula is C10H12FIN2O4. The molecule has 18 heavy (non-hydrogen) atoms. The number of alkyl halides is 1. The summed E-state index contributed by atoms with van der Waals surface area (Å²) in [6, 6.07) is 0. The van der Waals surface area contributed by atoms with Crippen molar-refractivity contribution in [1.29, 1.82) is 0 Å². The summed E-state index contributed by atoms with van der Waals surface area (Å²) in [6.07, 6.45) is -3.16. The fraction of sp³-hybridized carbons (Fsp3) is 0.600. The van der Waals surface area contributed by atoms with Gasteiger partial charge in [0.05, 0.1) is 9.67 Å². The largest absolute Gasteiger partial charge is 0.387 e. The fourth-order valence-electron chi connectivity index (χ4n) is 1.91. The van der Waals surface area contributed by atoms with Gasteiger partial charge in [0.25, 0.3) is 5.56 Å². The number of nitrogens with zero attached hydrogens (tertiary/aromatic N) is 1. The zero-order valence-electron chi connectivity index (χ0n) is 9.47. The van der Waals surface area contributed by atoms with Crippen molar-refractivity contribution in [2.24, 2.45) is 0 Å². The second kappa shape index (κ2) is 5.10. The average Bonchev–Trinajstić information content (AvgIpc) is 2.61. The SMILES string of the molecule is CC[C@H]1O[C@@H](n2cc(I)c(=O)[nH]c2=O)C(F)[C@H]1O. The van der Waals surface area contributed by atoms with Gasteiger partial charge in [-0.3, -0.25) is 14.3 Å². The minimum Gasteiger partial charge on any atom is -0.387 e. The van der Waals surface area contributed by atoms with E-state index in [0.29, 0.717) is 6.42 Å². The van der Waals surface area contributed by atoms with Gasteiger partial charge in [-0.1, -0.05) is 6.92 Å². The molecule has 100 valence electrons. The summed E-state index contributed by atoms with van der Waals surface area (Å²) >= 11 is 1.74. The van der Waals surface area contributed by atoms with Crippen LogP contribution >= 0.6 is 22.6 Å². The minimum atomic E-state index is -1.70. The zero-order chi connectivity index (χ0) is 13.4. The number of nitrogens with one attached hydrogen (secondary N) is 1. The number of aliphatic hydroxyl groups is 1. The molecule has 0 saturated carbocycles. The first kappa shape index (κ1) is 13.7. The Morgan fingerprint density at radius 3 is 2.83 bits per heavy atom. The summed E-state index contributed by atoms with van der Waals surface area (Å²) in [5.74, 6) is 0. The normalized spacial score (nSPS) is 31.8. The summed E-state index contributed by atoms with van der Waals surface area (Å²) in [7, 11) is 0. The monoisotopic (exact) mass is 370 g/mol. The van der Waals surface area contributed by atoms with Gasteiger partial charge in [-0.25, -0.2) is 9.18 Å². The van der Waals surface area contributed by atoms with Crippen LogP contribution in [0, 0.1) is 3.57 Å². The van der Waals surface area contributed by atoms with E-state index in [9.17, 15) is 19.1 Å². The molecule has 0 spiro atoms. The molecular weight excluding hydrogens is 358 g/mol. The van der Waals surface area contributed by atoms with Crippen LogP contribution in [0.1, 0.15) is 19.6 Å². The number of ether oxygens (including phenoxy) is 1. The molecule has 4 atom stereocenters. The van der Waals surface area contributed by atoms with Crippen LogP contribution in [0.15, 0.2) is 15.8 Å². The van der Waals surface area contributed by atoms with Gasteiger partial charge in [-0.05, 0) is 29.0 Å². The van der Waals surface area contributed by atoms with Gasteiger partial charge in [-0.2, -0.15) is 0 Å². The molecule has 1 fully saturated rings. The molecule has 2 N–H and O–H groups in total. The third-order valence-electron chi connectivity index (χ3n) is 2.89. The standard InChI is InChI=1S/C10H12FIN2O4/c1-2-5-7(15)6(11)9(18-5)14-3-4(12)8(16)13-10(14)17/h3,5-7,9,15H,2H2,1H3,(H,13,16,17)/t5-,6?,7+,9-/m1/s1. The van der Waals surface area contributed by atoms with Gasteiger partial charge >= 0.3 is 5.69 Å². The average molecular weight is 370 g/mol. The van der Waals surface area contributed by atoms with Crippen LogP contribution in [0.4, 0.5) is 4.39 Å². The fourth-order valence-corrected chi connectivity index (χ4v) is 2.35. The maximum Gasteiger partial charge on any atom is 0.330 e. The lowest BCUT2D eigenvalue weighted by atomic mass is 10.1. The third-order valence-corrected chi connectivity index (χ3v) is 3.66. The van der Waals surface area contributed by atoms with Gasteiger partial charge in [0.2, 0.25) is 0 Å². The van der Waals surface area contributed by atoms with Crippen molar-refractivity contribution in [2.75, 3.05) is 0 Å². The zero-order valence-corrected chi connectivity index (χ0v) is 11.6. The first-order valence-electron chi connectivity index (χ1n) is 5.44. The Balaban J connectivity index is 2.42. The molecule has 2 rings (SSSR count). The van der Waals surface area contributed by atoms with Crippen LogP contribution in [0.25, 0.3) is 0 Å². The van der Waals surface area contributed by atoms with Crippen LogP contribution in [0.2, 0.25) is 0 Å². The first-order chi connectivity index (χ1) is 8.45. The van der Waals surface area contributed by atoms with Crippen LogP contribution in [-0.4, -0.2) is 33.0 Å². The van der Waals surface area contributed by atoms with Gasteiger partial charge in [-0.15, -0.1) is 0 Å². The van der Waals surface area contributed by atoms with E-state index in [0.717, 1.165) is 4.57 Å². The Kier molecular flexibility index (Phi) is 3.87. The highest BCUT2D eigenvalue weighted by Crippen LogP contribution is 2.32. The van der Waals surface area contributed by atoms with Crippen molar-refractivity contribution in [3.63, 3.8) is 0 Å². The Morgan fingerprint density at radius 2 is 2.28 bits per heavy atom. The lowest BCUT2D eigenvalue weighted by molar-refractivity contribution is -0.0281. The summed E-state index contributed by atoms with van der Waals surface area (Å²) in [5.41, 5.74) is -1.28. The molecule has 0 aliphatic carbocycles. The van der Waals surface area contributed by atoms with E-state index in [1.54, 1.807) is 29.5 Å². The number of rotatable bonds is 2. The van der Waals surface area contributed by atoms with Crippen molar-refractivity contribution in [3.8, 4) is 0 Å². The van der Waals surface area contributed by atoms with Gasteiger partial charge in [0, 0.05) is 6.20 Å². The van der Waals surface area contributed by atoms with E-state index in [2.05, 4.69) is 4.98 Å². The van der Waals surface area contributed by atoms with Crippen molar-refractivity contribution in [2.45, 2.75) is 38.0 Å². The van der Waals surface area contributed by atoms with Crippen LogP contribution < -0.4 is 11.2 Å². The number of hydrogen-bond acceptors (Lipinski definition) is 4. The molecule has 0 aromatic carbocycles. The molecule has 0 amide bonds. The van der Waals surface area contributed by atoms with Crippen molar-refractivity contribution in [3.05, 3.63) is 30.6 Å². The van der Waals surface area contributed by atoms with Crippen LogP contribution in [0.5, 0.6) is 0 Å². The molecule has 1 aliphatic rings. The second-order valence-electron chi connectivity index (χ2n) is 4.05. The first-order valence-corrected chi connectivity index (χ1v) is 6.52. The van der Waals surface area contributed by atoms with E-state index in [1.165, 1.54) is 6.20 Å². The molecule has 1 aromatic heterocycles. The number of halogens is 2. The highest BCUT2D eigenvalue weighted by molar-refractivity contribution is 14.1. The highest BCUT2D eigenvalue weighted by Gasteiger charge is 2.44. The van der Waals surface area contributed by atoms with Gasteiger partial charge in [0.15, 0.2) is 12.4 Å². The molecule has 6 nitrogen and oxygen atoms in total. The van der Waals surface area contributed by atoms with Crippen molar-refractivity contribution >= 4 is 22.6 Å². The number of H-pyrrole nitrogens is 1. The molecule has 0 radical (unpaired) electrons. The van der Waals surface area contributed by atoms with Crippen molar-refractivity contribution < 1.29 is 14.2 Å². The molecule has 8 heteroatoms. The maximum absolute atomic E-state index is 13.9. The van der Waals surface area contributed by atoms with E-state index in [-0.39, 0.29) is 3.57 Å². The third kappa shape index (κ3) is 2.24.